The average Bonchev–Trinajstić information content (AvgIpc) is 2.52. The van der Waals surface area contributed by atoms with Crippen molar-refractivity contribution in [3.8, 4) is 0 Å². The van der Waals surface area contributed by atoms with Crippen molar-refractivity contribution in [2.45, 2.75) is 47.1 Å². The van der Waals surface area contributed by atoms with E-state index < -0.39 is 0 Å². The maximum atomic E-state index is 14.1. The molecule has 1 aliphatic rings. The second-order valence-electron chi connectivity index (χ2n) is 5.72. The number of halogens is 1. The van der Waals surface area contributed by atoms with Crippen molar-refractivity contribution in [1.82, 2.24) is 9.80 Å². The summed E-state index contributed by atoms with van der Waals surface area (Å²) < 4.78 is 14.1. The van der Waals surface area contributed by atoms with Crippen molar-refractivity contribution in [3.05, 3.63) is 35.1 Å². The van der Waals surface area contributed by atoms with E-state index in [0.717, 1.165) is 50.4 Å². The van der Waals surface area contributed by atoms with Gasteiger partial charge in [-0.3, -0.25) is 4.90 Å². The van der Waals surface area contributed by atoms with Crippen LogP contribution in [0.2, 0.25) is 0 Å². The highest BCUT2D eigenvalue weighted by Gasteiger charge is 2.17. The molecule has 1 aromatic rings. The highest BCUT2D eigenvalue weighted by molar-refractivity contribution is 5.26. The zero-order valence-electron chi connectivity index (χ0n) is 14.3. The highest BCUT2D eigenvalue weighted by atomic mass is 19.1. The minimum absolute atomic E-state index is 0.0517. The molecule has 0 amide bonds. The van der Waals surface area contributed by atoms with Crippen molar-refractivity contribution in [2.75, 3.05) is 32.7 Å². The molecule has 0 aromatic heterocycles. The largest absolute Gasteiger partial charge is 0.301 e. The summed E-state index contributed by atoms with van der Waals surface area (Å²) in [6.07, 6.45) is 0. The summed E-state index contributed by atoms with van der Waals surface area (Å²) in [5, 5.41) is 0. The quantitative estimate of drug-likeness (QED) is 0.824. The fraction of sp³-hybridized carbons (Fsp3) is 0.667. The first-order chi connectivity index (χ1) is 10.1. The Bertz CT molecular complexity index is 410. The molecule has 1 saturated heterocycles. The Kier molecular flexibility index (Phi) is 7.91. The molecule has 0 spiro atoms. The molecule has 0 N–H and O–H groups in total. The SMILES string of the molecule is CC.CCN1CCN(Cc2ccc(C(C)C)cc2F)CC1. The second kappa shape index (κ2) is 9.16. The Morgan fingerprint density at radius 1 is 1.05 bits per heavy atom. The van der Waals surface area contributed by atoms with Gasteiger partial charge in [0.1, 0.15) is 5.82 Å². The maximum absolute atomic E-state index is 14.1. The lowest BCUT2D eigenvalue weighted by Crippen LogP contribution is -2.45. The molecule has 1 aromatic carbocycles. The molecule has 0 unspecified atom stereocenters. The van der Waals surface area contributed by atoms with Gasteiger partial charge < -0.3 is 4.90 Å². The van der Waals surface area contributed by atoms with Crippen LogP contribution in [0.25, 0.3) is 0 Å². The Balaban J connectivity index is 0.00000106. The number of rotatable bonds is 4. The summed E-state index contributed by atoms with van der Waals surface area (Å²) in [7, 11) is 0. The van der Waals surface area contributed by atoms with Gasteiger partial charge in [-0.05, 0) is 24.1 Å². The molecule has 2 nitrogen and oxygen atoms in total. The smallest absolute Gasteiger partial charge is 0.127 e. The summed E-state index contributed by atoms with van der Waals surface area (Å²) in [6, 6.07) is 5.71. The summed E-state index contributed by atoms with van der Waals surface area (Å²) in [4.78, 5) is 4.79. The lowest BCUT2D eigenvalue weighted by Gasteiger charge is -2.34. The Labute approximate surface area is 129 Å². The lowest BCUT2D eigenvalue weighted by molar-refractivity contribution is 0.131. The van der Waals surface area contributed by atoms with Gasteiger partial charge in [-0.25, -0.2) is 4.39 Å². The normalized spacial score (nSPS) is 16.7. The first kappa shape index (κ1) is 18.1. The van der Waals surface area contributed by atoms with Gasteiger partial charge in [-0.2, -0.15) is 0 Å². The number of piperazine rings is 1. The molecule has 1 aliphatic heterocycles. The number of hydrogen-bond donors (Lipinski definition) is 0. The van der Waals surface area contributed by atoms with Gasteiger partial charge in [0.25, 0.3) is 0 Å². The van der Waals surface area contributed by atoms with Crippen LogP contribution in [0.15, 0.2) is 18.2 Å². The molecular formula is C18H31FN2. The molecule has 0 radical (unpaired) electrons. The fourth-order valence-corrected chi connectivity index (χ4v) is 2.56. The van der Waals surface area contributed by atoms with Gasteiger partial charge in [0.15, 0.2) is 0 Å². The van der Waals surface area contributed by atoms with E-state index in [0.29, 0.717) is 5.92 Å². The van der Waals surface area contributed by atoms with Crippen molar-refractivity contribution < 1.29 is 4.39 Å². The number of nitrogens with zero attached hydrogens (tertiary/aromatic N) is 2. The number of benzene rings is 1. The van der Waals surface area contributed by atoms with E-state index in [1.807, 2.05) is 19.9 Å². The van der Waals surface area contributed by atoms with Crippen LogP contribution in [0, 0.1) is 5.82 Å². The highest BCUT2D eigenvalue weighted by Crippen LogP contribution is 2.19. The van der Waals surface area contributed by atoms with E-state index in [4.69, 9.17) is 0 Å². The average molecular weight is 294 g/mol. The van der Waals surface area contributed by atoms with Crippen molar-refractivity contribution in [3.63, 3.8) is 0 Å². The van der Waals surface area contributed by atoms with Crippen LogP contribution in [-0.2, 0) is 6.54 Å². The third kappa shape index (κ3) is 5.40. The molecule has 1 fully saturated rings. The molecule has 0 atom stereocenters. The zero-order chi connectivity index (χ0) is 15.8. The molecule has 0 aliphatic carbocycles. The van der Waals surface area contributed by atoms with Crippen LogP contribution < -0.4 is 0 Å². The zero-order valence-corrected chi connectivity index (χ0v) is 14.3. The molecule has 0 saturated carbocycles. The van der Waals surface area contributed by atoms with Crippen LogP contribution in [0.5, 0.6) is 0 Å². The van der Waals surface area contributed by atoms with Crippen LogP contribution >= 0.6 is 0 Å². The Morgan fingerprint density at radius 2 is 1.62 bits per heavy atom. The molecule has 21 heavy (non-hydrogen) atoms. The third-order valence-corrected chi connectivity index (χ3v) is 4.05. The second-order valence-corrected chi connectivity index (χ2v) is 5.72. The van der Waals surface area contributed by atoms with Crippen molar-refractivity contribution in [1.29, 1.82) is 0 Å². The van der Waals surface area contributed by atoms with E-state index >= 15 is 0 Å². The third-order valence-electron chi connectivity index (χ3n) is 4.05. The number of likely N-dealkylation sites (N-methyl/N-ethyl adjacent to an activating group) is 1. The van der Waals surface area contributed by atoms with E-state index in [-0.39, 0.29) is 5.82 Å². The lowest BCUT2D eigenvalue weighted by atomic mass is 10.0. The van der Waals surface area contributed by atoms with Gasteiger partial charge in [0, 0.05) is 38.3 Å². The summed E-state index contributed by atoms with van der Waals surface area (Å²) >= 11 is 0. The molecule has 1 heterocycles. The summed E-state index contributed by atoms with van der Waals surface area (Å²) in [5.41, 5.74) is 1.91. The number of hydrogen-bond acceptors (Lipinski definition) is 2. The molecule has 120 valence electrons. The minimum atomic E-state index is -0.0517. The van der Waals surface area contributed by atoms with Gasteiger partial charge in [-0.15, -0.1) is 0 Å². The van der Waals surface area contributed by atoms with Gasteiger partial charge in [-0.1, -0.05) is 46.8 Å². The monoisotopic (exact) mass is 294 g/mol. The van der Waals surface area contributed by atoms with Crippen molar-refractivity contribution >= 4 is 0 Å². The summed E-state index contributed by atoms with van der Waals surface area (Å²) in [6.45, 7) is 16.5. The van der Waals surface area contributed by atoms with Crippen LogP contribution in [0.4, 0.5) is 4.39 Å². The Morgan fingerprint density at radius 3 is 2.10 bits per heavy atom. The summed E-state index contributed by atoms with van der Waals surface area (Å²) in [5.74, 6) is 0.334. The minimum Gasteiger partial charge on any atom is -0.301 e. The maximum Gasteiger partial charge on any atom is 0.127 e. The fourth-order valence-electron chi connectivity index (χ4n) is 2.56. The van der Waals surface area contributed by atoms with E-state index in [1.165, 1.54) is 0 Å². The first-order valence-corrected chi connectivity index (χ1v) is 8.33. The van der Waals surface area contributed by atoms with E-state index in [1.54, 1.807) is 6.07 Å². The topological polar surface area (TPSA) is 6.48 Å². The van der Waals surface area contributed by atoms with Gasteiger partial charge in [0.05, 0.1) is 0 Å². The van der Waals surface area contributed by atoms with Crippen LogP contribution in [-0.4, -0.2) is 42.5 Å². The molecule has 0 bridgehead atoms. The molecule has 2 rings (SSSR count). The van der Waals surface area contributed by atoms with Crippen molar-refractivity contribution in [2.24, 2.45) is 0 Å². The molecule has 3 heteroatoms. The first-order valence-electron chi connectivity index (χ1n) is 8.33. The van der Waals surface area contributed by atoms with E-state index in [9.17, 15) is 4.39 Å². The van der Waals surface area contributed by atoms with Crippen LogP contribution in [0.3, 0.4) is 0 Å². The Hall–Kier alpha value is -0.930. The predicted octanol–water partition coefficient (Wildman–Crippen LogP) is 4.11. The van der Waals surface area contributed by atoms with E-state index in [2.05, 4.69) is 36.6 Å². The van der Waals surface area contributed by atoms with Gasteiger partial charge >= 0.3 is 0 Å². The van der Waals surface area contributed by atoms with Crippen LogP contribution in [0.1, 0.15) is 51.7 Å². The standard InChI is InChI=1S/C16H25FN2.C2H6/c1-4-18-7-9-19(10-8-18)12-15-6-5-14(13(2)3)11-16(15)17;1-2/h5-6,11,13H,4,7-10,12H2,1-3H3;1-2H3. The van der Waals surface area contributed by atoms with Gasteiger partial charge in [0.2, 0.25) is 0 Å². The molecular weight excluding hydrogens is 263 g/mol. The predicted molar refractivity (Wildman–Crippen MR) is 89.2 cm³/mol.